The lowest BCUT2D eigenvalue weighted by atomic mass is 10.1. The van der Waals surface area contributed by atoms with E-state index in [2.05, 4.69) is 42.6 Å². The van der Waals surface area contributed by atoms with E-state index >= 15 is 0 Å². The van der Waals surface area contributed by atoms with Gasteiger partial charge in [0, 0.05) is 29.9 Å². The second-order valence-corrected chi connectivity index (χ2v) is 7.37. The molecule has 0 saturated heterocycles. The number of imidazole rings is 1. The number of amides is 1. The Balaban J connectivity index is 2.06. The van der Waals surface area contributed by atoms with Gasteiger partial charge in [0.2, 0.25) is 0 Å². The molecule has 27 heavy (non-hydrogen) atoms. The fraction of sp³-hybridized carbons (Fsp3) is 0.238. The van der Waals surface area contributed by atoms with Gasteiger partial charge >= 0.3 is 0 Å². The molecule has 0 atom stereocenters. The molecule has 0 fully saturated rings. The Labute approximate surface area is 158 Å². The van der Waals surface area contributed by atoms with Crippen molar-refractivity contribution in [3.05, 3.63) is 66.0 Å². The fourth-order valence-corrected chi connectivity index (χ4v) is 2.77. The maximum Gasteiger partial charge on any atom is 0.267 e. The van der Waals surface area contributed by atoms with Gasteiger partial charge in [0.25, 0.3) is 5.91 Å². The molecule has 0 saturated carbocycles. The van der Waals surface area contributed by atoms with Crippen molar-refractivity contribution in [1.82, 2.24) is 20.2 Å². The van der Waals surface area contributed by atoms with E-state index in [0.29, 0.717) is 6.54 Å². The first kappa shape index (κ1) is 18.8. The highest BCUT2D eigenvalue weighted by molar-refractivity contribution is 5.91. The average Bonchev–Trinajstić information content (AvgIpc) is 3.02. The lowest BCUT2D eigenvalue weighted by Crippen LogP contribution is -2.35. The monoisotopic (exact) mass is 364 g/mol. The van der Waals surface area contributed by atoms with Gasteiger partial charge in [0.15, 0.2) is 0 Å². The largest absolute Gasteiger partial charge is 0.306 e. The summed E-state index contributed by atoms with van der Waals surface area (Å²) in [5.41, 5.74) is 6.26. The van der Waals surface area contributed by atoms with E-state index in [1.165, 1.54) is 6.08 Å². The van der Waals surface area contributed by atoms with Crippen LogP contribution in [0.15, 0.2) is 54.7 Å². The molecule has 0 radical (unpaired) electrons. The fourth-order valence-electron chi connectivity index (χ4n) is 2.77. The number of fused-ring (bicyclic) bond motifs is 1. The van der Waals surface area contributed by atoms with Crippen LogP contribution in [0.1, 0.15) is 32.0 Å². The Hall–Kier alpha value is -2.96. The van der Waals surface area contributed by atoms with Crippen molar-refractivity contribution in [2.24, 2.45) is 0 Å². The minimum Gasteiger partial charge on any atom is -0.306 e. The van der Waals surface area contributed by atoms with E-state index in [1.807, 2.05) is 36.5 Å². The third-order valence-corrected chi connectivity index (χ3v) is 4.12. The highest BCUT2D eigenvalue weighted by Crippen LogP contribution is 2.25. The molecular formula is C21H24N4O2. The normalized spacial score (nSPS) is 12.0. The molecule has 3 rings (SSSR count). The SMILES string of the molecule is CC(C)(C)NCc1c(-c2ccccc2)nc2cc(C=CC(=O)NO)ccn12. The van der Waals surface area contributed by atoms with Crippen LogP contribution in [-0.4, -0.2) is 26.0 Å². The van der Waals surface area contributed by atoms with Crippen molar-refractivity contribution in [3.8, 4) is 11.3 Å². The number of hydrogen-bond donors (Lipinski definition) is 3. The van der Waals surface area contributed by atoms with Gasteiger partial charge < -0.3 is 9.72 Å². The van der Waals surface area contributed by atoms with Crippen LogP contribution in [0, 0.1) is 0 Å². The first-order chi connectivity index (χ1) is 12.9. The summed E-state index contributed by atoms with van der Waals surface area (Å²) in [7, 11) is 0. The number of aromatic nitrogens is 2. The number of hydroxylamine groups is 1. The van der Waals surface area contributed by atoms with Crippen molar-refractivity contribution in [2.45, 2.75) is 32.9 Å². The smallest absolute Gasteiger partial charge is 0.267 e. The summed E-state index contributed by atoms with van der Waals surface area (Å²) in [4.78, 5) is 16.0. The third kappa shape index (κ3) is 4.61. The second kappa shape index (κ2) is 7.73. The molecule has 0 bridgehead atoms. The molecule has 1 aromatic carbocycles. The number of carbonyl (C=O) groups is 1. The molecule has 0 aliphatic rings. The lowest BCUT2D eigenvalue weighted by molar-refractivity contribution is -0.124. The van der Waals surface area contributed by atoms with Crippen molar-refractivity contribution < 1.29 is 10.0 Å². The molecule has 1 amide bonds. The van der Waals surface area contributed by atoms with Crippen molar-refractivity contribution in [3.63, 3.8) is 0 Å². The topological polar surface area (TPSA) is 78.7 Å². The number of nitrogens with zero attached hydrogens (tertiary/aromatic N) is 2. The number of hydrogen-bond acceptors (Lipinski definition) is 4. The summed E-state index contributed by atoms with van der Waals surface area (Å²) in [6.45, 7) is 7.07. The maximum atomic E-state index is 11.2. The van der Waals surface area contributed by atoms with Gasteiger partial charge in [0.1, 0.15) is 5.65 Å². The Kier molecular flexibility index (Phi) is 5.39. The summed E-state index contributed by atoms with van der Waals surface area (Å²) in [6.07, 6.45) is 4.86. The molecule has 3 aromatic rings. The van der Waals surface area contributed by atoms with E-state index in [-0.39, 0.29) is 5.54 Å². The van der Waals surface area contributed by atoms with E-state index < -0.39 is 5.91 Å². The van der Waals surface area contributed by atoms with Crippen molar-refractivity contribution >= 4 is 17.6 Å². The van der Waals surface area contributed by atoms with Gasteiger partial charge in [-0.1, -0.05) is 30.3 Å². The predicted octanol–water partition coefficient (Wildman–Crippen LogP) is 3.41. The van der Waals surface area contributed by atoms with Crippen LogP contribution >= 0.6 is 0 Å². The molecule has 0 aliphatic carbocycles. The quantitative estimate of drug-likeness (QED) is 0.368. The van der Waals surface area contributed by atoms with Gasteiger partial charge in [-0.2, -0.15) is 0 Å². The summed E-state index contributed by atoms with van der Waals surface area (Å²) in [5, 5.41) is 12.1. The van der Waals surface area contributed by atoms with Crippen LogP contribution in [-0.2, 0) is 11.3 Å². The van der Waals surface area contributed by atoms with Crippen LogP contribution in [0.4, 0.5) is 0 Å². The van der Waals surface area contributed by atoms with Crippen LogP contribution in [0.5, 0.6) is 0 Å². The molecule has 140 valence electrons. The van der Waals surface area contributed by atoms with Gasteiger partial charge in [0.05, 0.1) is 11.4 Å². The van der Waals surface area contributed by atoms with Crippen molar-refractivity contribution in [2.75, 3.05) is 0 Å². The molecule has 2 heterocycles. The molecule has 0 aliphatic heterocycles. The Morgan fingerprint density at radius 3 is 2.63 bits per heavy atom. The lowest BCUT2D eigenvalue weighted by Gasteiger charge is -2.20. The number of benzene rings is 1. The van der Waals surface area contributed by atoms with E-state index in [0.717, 1.165) is 28.2 Å². The van der Waals surface area contributed by atoms with Gasteiger partial charge in [-0.05, 0) is 44.5 Å². The average molecular weight is 364 g/mol. The summed E-state index contributed by atoms with van der Waals surface area (Å²) < 4.78 is 2.06. The molecule has 6 heteroatoms. The number of nitrogens with one attached hydrogen (secondary N) is 2. The minimum atomic E-state index is -0.571. The number of pyridine rings is 1. The highest BCUT2D eigenvalue weighted by Gasteiger charge is 2.17. The zero-order chi connectivity index (χ0) is 19.4. The van der Waals surface area contributed by atoms with Crippen LogP contribution in [0.25, 0.3) is 23.0 Å². The Bertz CT molecular complexity index is 969. The highest BCUT2D eigenvalue weighted by atomic mass is 16.5. The second-order valence-electron chi connectivity index (χ2n) is 7.37. The Morgan fingerprint density at radius 1 is 1.22 bits per heavy atom. The maximum absolute atomic E-state index is 11.2. The first-order valence-electron chi connectivity index (χ1n) is 8.81. The first-order valence-corrected chi connectivity index (χ1v) is 8.81. The number of rotatable bonds is 5. The molecule has 6 nitrogen and oxygen atoms in total. The number of carbonyl (C=O) groups excluding carboxylic acids is 1. The molecule has 3 N–H and O–H groups in total. The minimum absolute atomic E-state index is 0.0154. The zero-order valence-corrected chi connectivity index (χ0v) is 15.7. The van der Waals surface area contributed by atoms with Crippen LogP contribution in [0.2, 0.25) is 0 Å². The summed E-state index contributed by atoms with van der Waals surface area (Å²) >= 11 is 0. The van der Waals surface area contributed by atoms with Gasteiger partial charge in [-0.3, -0.25) is 10.0 Å². The van der Waals surface area contributed by atoms with Crippen LogP contribution in [0.3, 0.4) is 0 Å². The molecule has 2 aromatic heterocycles. The molecule has 0 spiro atoms. The van der Waals surface area contributed by atoms with E-state index in [9.17, 15) is 4.79 Å². The Morgan fingerprint density at radius 2 is 1.96 bits per heavy atom. The molecular weight excluding hydrogens is 340 g/mol. The third-order valence-electron chi connectivity index (χ3n) is 4.12. The summed E-state index contributed by atoms with van der Waals surface area (Å²) in [6, 6.07) is 13.9. The predicted molar refractivity (Wildman–Crippen MR) is 106 cm³/mol. The summed E-state index contributed by atoms with van der Waals surface area (Å²) in [5.74, 6) is -0.571. The zero-order valence-electron chi connectivity index (χ0n) is 15.7. The molecule has 0 unspecified atom stereocenters. The van der Waals surface area contributed by atoms with Gasteiger partial charge in [-0.15, -0.1) is 0 Å². The van der Waals surface area contributed by atoms with Crippen molar-refractivity contribution in [1.29, 1.82) is 0 Å². The van der Waals surface area contributed by atoms with Gasteiger partial charge in [-0.25, -0.2) is 10.5 Å². The standard InChI is InChI=1S/C21H24N4O2/c1-21(2,3)22-14-17-20(16-7-5-4-6-8-16)23-18-13-15(11-12-25(17)18)9-10-19(26)24-27/h4-13,22,27H,14H2,1-3H3,(H,24,26). The van der Waals surface area contributed by atoms with E-state index in [4.69, 9.17) is 10.2 Å². The van der Waals surface area contributed by atoms with Crippen LogP contribution < -0.4 is 10.8 Å². The van der Waals surface area contributed by atoms with E-state index in [1.54, 1.807) is 11.6 Å².